The summed E-state index contributed by atoms with van der Waals surface area (Å²) in [7, 11) is -2.61. The van der Waals surface area contributed by atoms with Crippen molar-refractivity contribution in [2.24, 2.45) is 0 Å². The largest absolute Gasteiger partial charge is 0.694 e. The molecule has 0 fully saturated rings. The van der Waals surface area contributed by atoms with E-state index >= 15 is 0 Å². The van der Waals surface area contributed by atoms with E-state index in [2.05, 4.69) is 4.52 Å². The second-order valence-corrected chi connectivity index (χ2v) is 2.38. The lowest BCUT2D eigenvalue weighted by molar-refractivity contribution is 0.122. The van der Waals surface area contributed by atoms with E-state index in [-0.39, 0.29) is 12.5 Å². The first kappa shape index (κ1) is 9.27. The van der Waals surface area contributed by atoms with Gasteiger partial charge in [-0.2, -0.15) is 0 Å². The summed E-state index contributed by atoms with van der Waals surface area (Å²) in [6, 6.07) is 0. The van der Waals surface area contributed by atoms with Gasteiger partial charge in [-0.05, 0) is 0 Å². The first-order chi connectivity index (χ1) is 4.16. The van der Waals surface area contributed by atoms with Gasteiger partial charge in [0.1, 0.15) is 6.61 Å². The van der Waals surface area contributed by atoms with Crippen LogP contribution >= 0.6 is 19.9 Å². The quantitative estimate of drug-likeness (QED) is 0.473. The highest BCUT2D eigenvalue weighted by Crippen LogP contribution is 2.14. The molecule has 6 heteroatoms. The molecule has 54 valence electrons. The van der Waals surface area contributed by atoms with Crippen LogP contribution in [-0.2, 0) is 9.09 Å². The second-order valence-electron chi connectivity index (χ2n) is 1.34. The van der Waals surface area contributed by atoms with Gasteiger partial charge >= 0.3 is 8.25 Å². The third-order valence-corrected chi connectivity index (χ3v) is 1.28. The van der Waals surface area contributed by atoms with Crippen LogP contribution in [0.2, 0.25) is 0 Å². The third kappa shape index (κ3) is 6.15. The van der Waals surface area contributed by atoms with Crippen LogP contribution in [0.25, 0.3) is 0 Å². The number of aliphatic hydroxyl groups excluding tert-OH is 1. The maximum atomic E-state index is 9.79. The molecule has 0 amide bonds. The van der Waals surface area contributed by atoms with Crippen molar-refractivity contribution in [3.8, 4) is 0 Å². The van der Waals surface area contributed by atoms with Crippen molar-refractivity contribution in [3.05, 3.63) is 0 Å². The van der Waals surface area contributed by atoms with Crippen molar-refractivity contribution in [2.75, 3.05) is 12.5 Å². The van der Waals surface area contributed by atoms with Gasteiger partial charge in [-0.3, -0.25) is 0 Å². The summed E-state index contributed by atoms with van der Waals surface area (Å²) in [5.41, 5.74) is 0. The lowest BCUT2D eigenvalue weighted by Crippen LogP contribution is -2.14. The molecule has 0 aliphatic carbocycles. The standard InChI is InChI=1S/C3H6ClO4P/c4-1-3(5)2-8-9(6)7/h3,5H,1-2H2/p+1. The Hall–Kier alpha value is 0.270. The van der Waals surface area contributed by atoms with Crippen molar-refractivity contribution in [3.63, 3.8) is 0 Å². The van der Waals surface area contributed by atoms with Gasteiger partial charge in [0.25, 0.3) is 0 Å². The minimum atomic E-state index is -2.61. The maximum Gasteiger partial charge on any atom is 0.694 e. The average Bonchev–Trinajstić information content (AvgIpc) is 1.83. The number of hydrogen-bond acceptors (Lipinski definition) is 3. The van der Waals surface area contributed by atoms with E-state index in [9.17, 15) is 4.57 Å². The van der Waals surface area contributed by atoms with Crippen LogP contribution in [0.5, 0.6) is 0 Å². The van der Waals surface area contributed by atoms with Gasteiger partial charge in [-0.25, -0.2) is 0 Å². The third-order valence-electron chi connectivity index (χ3n) is 0.555. The van der Waals surface area contributed by atoms with E-state index in [1.807, 2.05) is 0 Å². The minimum Gasteiger partial charge on any atom is -0.389 e. The molecule has 0 aromatic carbocycles. The molecule has 0 aliphatic heterocycles. The van der Waals surface area contributed by atoms with Gasteiger partial charge < -0.3 is 5.11 Å². The molecule has 0 heterocycles. The van der Waals surface area contributed by atoms with Crippen LogP contribution in [0, 0.1) is 0 Å². The fraction of sp³-hybridized carbons (Fsp3) is 1.00. The molecular weight excluding hydrogens is 166 g/mol. The second kappa shape index (κ2) is 5.09. The summed E-state index contributed by atoms with van der Waals surface area (Å²) in [4.78, 5) is 8.03. The van der Waals surface area contributed by atoms with Crippen molar-refractivity contribution in [1.82, 2.24) is 0 Å². The molecule has 0 radical (unpaired) electrons. The highest BCUT2D eigenvalue weighted by atomic mass is 35.5. The fourth-order valence-electron chi connectivity index (χ4n) is 0.194. The zero-order valence-corrected chi connectivity index (χ0v) is 6.18. The molecule has 0 rings (SSSR count). The van der Waals surface area contributed by atoms with Crippen molar-refractivity contribution >= 4 is 19.9 Å². The van der Waals surface area contributed by atoms with Crippen LogP contribution in [0.1, 0.15) is 0 Å². The van der Waals surface area contributed by atoms with E-state index in [1.54, 1.807) is 0 Å². The number of aliphatic hydroxyl groups is 1. The Labute approximate surface area is 58.4 Å². The van der Waals surface area contributed by atoms with Crippen LogP contribution in [0.3, 0.4) is 0 Å². The molecular formula is C3H7ClO4P+. The van der Waals surface area contributed by atoms with Gasteiger partial charge in [0.15, 0.2) is 0 Å². The lowest BCUT2D eigenvalue weighted by Gasteiger charge is -1.96. The van der Waals surface area contributed by atoms with Gasteiger partial charge in [0, 0.05) is 4.57 Å². The number of halogens is 1. The minimum absolute atomic E-state index is 0.00315. The van der Waals surface area contributed by atoms with E-state index in [4.69, 9.17) is 21.6 Å². The number of alkyl halides is 1. The average molecular weight is 174 g/mol. The topological polar surface area (TPSA) is 66.8 Å². The van der Waals surface area contributed by atoms with Gasteiger partial charge in [0.05, 0.1) is 12.0 Å². The predicted octanol–water partition coefficient (Wildman–Crippen LogP) is 0.252. The molecule has 9 heavy (non-hydrogen) atoms. The van der Waals surface area contributed by atoms with Crippen molar-refractivity contribution in [2.45, 2.75) is 6.10 Å². The Kier molecular flexibility index (Phi) is 5.24. The summed E-state index contributed by atoms with van der Waals surface area (Å²) >= 11 is 5.13. The van der Waals surface area contributed by atoms with E-state index < -0.39 is 14.4 Å². The molecule has 0 spiro atoms. The summed E-state index contributed by atoms with van der Waals surface area (Å²) in [5.74, 6) is 0.00315. The Bertz CT molecular complexity index is 97.8. The zero-order chi connectivity index (χ0) is 7.28. The Balaban J connectivity index is 3.16. The normalized spacial score (nSPS) is 15.2. The molecule has 4 nitrogen and oxygen atoms in total. The monoisotopic (exact) mass is 173 g/mol. The molecule has 0 saturated carbocycles. The molecule has 0 aliphatic rings. The van der Waals surface area contributed by atoms with E-state index in [0.717, 1.165) is 0 Å². The molecule has 2 atom stereocenters. The Morgan fingerprint density at radius 3 is 2.67 bits per heavy atom. The van der Waals surface area contributed by atoms with Gasteiger partial charge in [0.2, 0.25) is 0 Å². The molecule has 0 aromatic heterocycles. The maximum absolute atomic E-state index is 9.79. The molecule has 2 N–H and O–H groups in total. The van der Waals surface area contributed by atoms with Gasteiger partial charge in [-0.1, -0.05) is 0 Å². The summed E-state index contributed by atoms with van der Waals surface area (Å²) < 4.78 is 13.9. The molecule has 0 saturated heterocycles. The van der Waals surface area contributed by atoms with Crippen LogP contribution in [-0.4, -0.2) is 28.6 Å². The summed E-state index contributed by atoms with van der Waals surface area (Å²) in [5, 5.41) is 8.61. The smallest absolute Gasteiger partial charge is 0.389 e. The Morgan fingerprint density at radius 1 is 1.78 bits per heavy atom. The summed E-state index contributed by atoms with van der Waals surface area (Å²) in [6.45, 7) is -0.199. The summed E-state index contributed by atoms with van der Waals surface area (Å²) in [6.07, 6.45) is -0.863. The van der Waals surface area contributed by atoms with Crippen molar-refractivity contribution < 1.29 is 19.1 Å². The first-order valence-electron chi connectivity index (χ1n) is 2.20. The first-order valence-corrected chi connectivity index (χ1v) is 3.86. The fourth-order valence-corrected chi connectivity index (χ4v) is 0.583. The van der Waals surface area contributed by atoms with Crippen molar-refractivity contribution in [1.29, 1.82) is 0 Å². The van der Waals surface area contributed by atoms with E-state index in [1.165, 1.54) is 0 Å². The SMILES string of the molecule is O=[P+](O)OCC(O)CCl. The predicted molar refractivity (Wildman–Crippen MR) is 32.5 cm³/mol. The number of hydrogen-bond donors (Lipinski definition) is 2. The van der Waals surface area contributed by atoms with Crippen LogP contribution in [0.15, 0.2) is 0 Å². The highest BCUT2D eigenvalue weighted by molar-refractivity contribution is 7.32. The zero-order valence-electron chi connectivity index (χ0n) is 4.53. The highest BCUT2D eigenvalue weighted by Gasteiger charge is 2.14. The Morgan fingerprint density at radius 2 is 2.33 bits per heavy atom. The number of rotatable bonds is 4. The van der Waals surface area contributed by atoms with E-state index in [0.29, 0.717) is 0 Å². The molecule has 0 bridgehead atoms. The van der Waals surface area contributed by atoms with Gasteiger partial charge in [-0.15, -0.1) is 21.0 Å². The molecule has 2 unspecified atom stereocenters. The van der Waals surface area contributed by atoms with Crippen LogP contribution in [0.4, 0.5) is 0 Å². The molecule has 0 aromatic rings. The lowest BCUT2D eigenvalue weighted by atomic mass is 10.4. The van der Waals surface area contributed by atoms with Crippen LogP contribution < -0.4 is 0 Å².